The number of carbonyl (C=O) groups is 1. The molecule has 0 rings (SSSR count). The second-order valence-electron chi connectivity index (χ2n) is 15.0. The molecule has 0 aromatic heterocycles. The van der Waals surface area contributed by atoms with Gasteiger partial charge in [0.15, 0.2) is 0 Å². The first kappa shape index (κ1) is 49.5. The van der Waals surface area contributed by atoms with Gasteiger partial charge >= 0.3 is 0 Å². The molecule has 300 valence electrons. The molecule has 0 saturated carbocycles. The maximum atomic E-state index is 12.4. The lowest BCUT2D eigenvalue weighted by atomic mass is 10.0. The Labute approximate surface area is 316 Å². The van der Waals surface area contributed by atoms with Crippen molar-refractivity contribution < 1.29 is 25.2 Å². The van der Waals surface area contributed by atoms with E-state index in [-0.39, 0.29) is 6.42 Å². The maximum absolute atomic E-state index is 12.4. The minimum absolute atomic E-state index is 0.274. The van der Waals surface area contributed by atoms with Gasteiger partial charge in [-0.2, -0.15) is 0 Å². The average molecular weight is 720 g/mol. The summed E-state index contributed by atoms with van der Waals surface area (Å²) in [7, 11) is 0. The van der Waals surface area contributed by atoms with Crippen molar-refractivity contribution in [3.8, 4) is 0 Å². The third-order valence-corrected chi connectivity index (χ3v) is 10.1. The molecular weight excluding hydrogens is 634 g/mol. The van der Waals surface area contributed by atoms with Crippen LogP contribution in [0.25, 0.3) is 0 Å². The molecule has 0 aliphatic heterocycles. The lowest BCUT2D eigenvalue weighted by Crippen LogP contribution is -2.53. The van der Waals surface area contributed by atoms with E-state index in [0.29, 0.717) is 19.3 Å². The molecule has 1 amide bonds. The third kappa shape index (κ3) is 34.1. The largest absolute Gasteiger partial charge is 0.394 e. The van der Waals surface area contributed by atoms with E-state index in [0.717, 1.165) is 32.1 Å². The fraction of sp³-hybridized carbons (Fsp3) is 0.844. The zero-order chi connectivity index (χ0) is 37.5. The van der Waals surface area contributed by atoms with Crippen LogP contribution in [-0.4, -0.2) is 57.3 Å². The summed E-state index contributed by atoms with van der Waals surface area (Å²) in [5.41, 5.74) is 0. The van der Waals surface area contributed by atoms with E-state index in [4.69, 9.17) is 0 Å². The number of nitrogens with one attached hydrogen (secondary N) is 1. The van der Waals surface area contributed by atoms with Crippen LogP contribution in [0.2, 0.25) is 0 Å². The van der Waals surface area contributed by atoms with Crippen LogP contribution in [0.5, 0.6) is 0 Å². The molecule has 0 aliphatic carbocycles. The number of hydrogen-bond acceptors (Lipinski definition) is 5. The number of unbranched alkanes of at least 4 members (excludes halogenated alkanes) is 24. The number of hydrogen-bond donors (Lipinski definition) is 5. The standard InChI is InChI=1S/C45H85NO5/c1-3-5-7-9-11-13-14-15-16-17-18-19-20-21-22-23-24-25-26-27-28-29-30-31-33-34-36-38-42(48)44(50)41(40-47)46-45(51)43(49)39-37-35-32-12-10-8-6-4-2/h27-28,31-33,35,41-44,47-50H,3-26,29-30,34,36-40H2,1-2H3,(H,46,51)/b28-27+,33-31+,35-32-. The van der Waals surface area contributed by atoms with E-state index in [1.54, 1.807) is 0 Å². The quantitative estimate of drug-likeness (QED) is 0.0321. The Balaban J connectivity index is 3.70. The van der Waals surface area contributed by atoms with E-state index in [1.807, 2.05) is 6.08 Å². The first-order valence-corrected chi connectivity index (χ1v) is 21.9. The predicted octanol–water partition coefficient (Wildman–Crippen LogP) is 11.3. The van der Waals surface area contributed by atoms with Crippen LogP contribution in [0.1, 0.15) is 213 Å². The molecule has 51 heavy (non-hydrogen) atoms. The molecule has 0 fully saturated rings. The Morgan fingerprint density at radius 1 is 0.471 bits per heavy atom. The molecule has 4 atom stereocenters. The monoisotopic (exact) mass is 720 g/mol. The maximum Gasteiger partial charge on any atom is 0.249 e. The molecule has 6 heteroatoms. The zero-order valence-electron chi connectivity index (χ0n) is 33.6. The Morgan fingerprint density at radius 2 is 0.824 bits per heavy atom. The van der Waals surface area contributed by atoms with Crippen molar-refractivity contribution >= 4 is 5.91 Å². The van der Waals surface area contributed by atoms with Gasteiger partial charge in [-0.05, 0) is 70.6 Å². The molecule has 0 radical (unpaired) electrons. The Bertz CT molecular complexity index is 812. The highest BCUT2D eigenvalue weighted by molar-refractivity contribution is 5.80. The van der Waals surface area contributed by atoms with Crippen LogP contribution in [-0.2, 0) is 4.79 Å². The van der Waals surface area contributed by atoms with Gasteiger partial charge < -0.3 is 25.7 Å². The molecule has 0 aromatic carbocycles. The van der Waals surface area contributed by atoms with Crippen LogP contribution in [0, 0.1) is 0 Å². The normalized spacial score (nSPS) is 14.5. The summed E-state index contributed by atoms with van der Waals surface area (Å²) in [6.45, 7) is 3.96. The molecule has 5 N–H and O–H groups in total. The highest BCUT2D eigenvalue weighted by atomic mass is 16.3. The van der Waals surface area contributed by atoms with Crippen LogP contribution in [0.15, 0.2) is 36.5 Å². The molecule has 0 aliphatic rings. The molecule has 0 spiro atoms. The Kier molecular flexibility index (Phi) is 38.6. The molecule has 4 unspecified atom stereocenters. The van der Waals surface area contributed by atoms with Gasteiger partial charge in [0.25, 0.3) is 0 Å². The first-order chi connectivity index (χ1) is 25.0. The summed E-state index contributed by atoms with van der Waals surface area (Å²) in [6, 6.07) is -1.02. The fourth-order valence-electron chi connectivity index (χ4n) is 6.54. The van der Waals surface area contributed by atoms with E-state index >= 15 is 0 Å². The van der Waals surface area contributed by atoms with Crippen molar-refractivity contribution in [1.29, 1.82) is 0 Å². The van der Waals surface area contributed by atoms with Crippen molar-refractivity contribution in [3.63, 3.8) is 0 Å². The number of aliphatic hydroxyl groups is 4. The van der Waals surface area contributed by atoms with Crippen LogP contribution >= 0.6 is 0 Å². The van der Waals surface area contributed by atoms with Crippen molar-refractivity contribution in [3.05, 3.63) is 36.5 Å². The second kappa shape index (κ2) is 39.7. The highest BCUT2D eigenvalue weighted by Crippen LogP contribution is 2.15. The molecule has 0 heterocycles. The number of aliphatic hydroxyl groups excluding tert-OH is 4. The van der Waals surface area contributed by atoms with Crippen molar-refractivity contribution in [2.24, 2.45) is 0 Å². The average Bonchev–Trinajstić information content (AvgIpc) is 3.13. The lowest BCUT2D eigenvalue weighted by Gasteiger charge is -2.27. The van der Waals surface area contributed by atoms with Crippen molar-refractivity contribution in [1.82, 2.24) is 5.32 Å². The SMILES string of the molecule is CCCCCC/C=C\CCC(O)C(=O)NC(CO)C(O)C(O)CCC/C=C/CC/C=C/CCCCCCCCCCCCCCCCCCCC. The van der Waals surface area contributed by atoms with Gasteiger partial charge in [0.1, 0.15) is 12.2 Å². The minimum Gasteiger partial charge on any atom is -0.394 e. The molecule has 0 bridgehead atoms. The second-order valence-corrected chi connectivity index (χ2v) is 15.0. The number of allylic oxidation sites excluding steroid dienone is 6. The third-order valence-electron chi connectivity index (χ3n) is 10.1. The van der Waals surface area contributed by atoms with Gasteiger partial charge in [0.05, 0.1) is 18.8 Å². The summed E-state index contributed by atoms with van der Waals surface area (Å²) in [5.74, 6) is -0.635. The number of rotatable bonds is 39. The van der Waals surface area contributed by atoms with Gasteiger partial charge in [0, 0.05) is 0 Å². The van der Waals surface area contributed by atoms with E-state index in [9.17, 15) is 25.2 Å². The fourth-order valence-corrected chi connectivity index (χ4v) is 6.54. The van der Waals surface area contributed by atoms with Gasteiger partial charge in [-0.25, -0.2) is 0 Å². The molecule has 0 saturated heterocycles. The molecule has 0 aromatic rings. The Hall–Kier alpha value is -1.47. The van der Waals surface area contributed by atoms with Gasteiger partial charge in [-0.3, -0.25) is 4.79 Å². The number of amides is 1. The van der Waals surface area contributed by atoms with Gasteiger partial charge in [0.2, 0.25) is 5.91 Å². The van der Waals surface area contributed by atoms with Gasteiger partial charge in [-0.15, -0.1) is 0 Å². The summed E-state index contributed by atoms with van der Waals surface area (Å²) in [6.07, 6.45) is 46.5. The van der Waals surface area contributed by atoms with E-state index in [2.05, 4.69) is 49.5 Å². The summed E-state index contributed by atoms with van der Waals surface area (Å²) >= 11 is 0. The topological polar surface area (TPSA) is 110 Å². The summed E-state index contributed by atoms with van der Waals surface area (Å²) < 4.78 is 0. The predicted molar refractivity (Wildman–Crippen MR) is 219 cm³/mol. The highest BCUT2D eigenvalue weighted by Gasteiger charge is 2.28. The first-order valence-electron chi connectivity index (χ1n) is 21.9. The Morgan fingerprint density at radius 3 is 1.25 bits per heavy atom. The minimum atomic E-state index is -1.30. The smallest absolute Gasteiger partial charge is 0.249 e. The van der Waals surface area contributed by atoms with E-state index in [1.165, 1.54) is 141 Å². The summed E-state index contributed by atoms with van der Waals surface area (Å²) in [4.78, 5) is 12.4. The zero-order valence-corrected chi connectivity index (χ0v) is 33.6. The van der Waals surface area contributed by atoms with Crippen LogP contribution in [0.3, 0.4) is 0 Å². The van der Waals surface area contributed by atoms with Crippen LogP contribution < -0.4 is 5.32 Å². The van der Waals surface area contributed by atoms with Crippen molar-refractivity contribution in [2.45, 2.75) is 237 Å². The molecule has 6 nitrogen and oxygen atoms in total. The van der Waals surface area contributed by atoms with E-state index < -0.39 is 36.9 Å². The lowest BCUT2D eigenvalue weighted by molar-refractivity contribution is -0.132. The van der Waals surface area contributed by atoms with Gasteiger partial charge in [-0.1, -0.05) is 179 Å². The van der Waals surface area contributed by atoms with Crippen LogP contribution in [0.4, 0.5) is 0 Å². The molecular formula is C45H85NO5. The number of carbonyl (C=O) groups excluding carboxylic acids is 1. The summed E-state index contributed by atoms with van der Waals surface area (Å²) in [5, 5.41) is 43.3. The van der Waals surface area contributed by atoms with Crippen molar-refractivity contribution in [2.75, 3.05) is 6.61 Å².